The van der Waals surface area contributed by atoms with Gasteiger partial charge in [-0.1, -0.05) is 6.92 Å². The molecule has 0 heterocycles. The number of amides is 2. The zero-order chi connectivity index (χ0) is 19.0. The van der Waals surface area contributed by atoms with Gasteiger partial charge in [0.25, 0.3) is 5.69 Å². The Labute approximate surface area is 146 Å². The number of hydrogen-bond acceptors (Lipinski definition) is 6. The van der Waals surface area contributed by atoms with E-state index in [1.165, 1.54) is 25.3 Å². The fraction of sp³-hybridized carbons (Fsp3) is 0.500. The van der Waals surface area contributed by atoms with Crippen LogP contribution >= 0.6 is 0 Å². The lowest BCUT2D eigenvalue weighted by Gasteiger charge is -2.20. The first-order valence-corrected chi connectivity index (χ1v) is 7.90. The van der Waals surface area contributed by atoms with E-state index in [0.29, 0.717) is 12.2 Å². The maximum Gasteiger partial charge on any atom is 0.273 e. The van der Waals surface area contributed by atoms with Gasteiger partial charge < -0.3 is 15.4 Å². The molecule has 25 heavy (non-hydrogen) atoms. The second-order valence-electron chi connectivity index (χ2n) is 5.72. The minimum atomic E-state index is -0.541. The van der Waals surface area contributed by atoms with Gasteiger partial charge in [0.15, 0.2) is 0 Å². The molecule has 0 radical (unpaired) electrons. The van der Waals surface area contributed by atoms with Crippen LogP contribution in [-0.4, -0.2) is 54.4 Å². The fourth-order valence-electron chi connectivity index (χ4n) is 2.14. The first kappa shape index (κ1) is 20.4. The number of carbonyl (C=O) groups is 2. The molecule has 0 aromatic heterocycles. The Morgan fingerprint density at radius 2 is 1.92 bits per heavy atom. The van der Waals surface area contributed by atoms with Gasteiger partial charge in [-0.3, -0.25) is 24.6 Å². The molecule has 1 rings (SSSR count). The van der Waals surface area contributed by atoms with Gasteiger partial charge in [-0.05, 0) is 26.5 Å². The van der Waals surface area contributed by atoms with Gasteiger partial charge in [-0.25, -0.2) is 0 Å². The second-order valence-corrected chi connectivity index (χ2v) is 5.72. The molecular formula is C16H24N4O5. The van der Waals surface area contributed by atoms with Crippen molar-refractivity contribution >= 4 is 23.2 Å². The summed E-state index contributed by atoms with van der Waals surface area (Å²) < 4.78 is 5.08. The molecule has 0 bridgehead atoms. The predicted octanol–water partition coefficient (Wildman–Crippen LogP) is 1.39. The Kier molecular flexibility index (Phi) is 7.80. The highest BCUT2D eigenvalue weighted by Crippen LogP contribution is 2.28. The van der Waals surface area contributed by atoms with Crippen LogP contribution < -0.4 is 15.4 Å². The number of carbonyl (C=O) groups excluding carboxylic acids is 2. The molecular weight excluding hydrogens is 328 g/mol. The van der Waals surface area contributed by atoms with Crippen LogP contribution in [0, 0.1) is 10.1 Å². The molecule has 0 atom stereocenters. The van der Waals surface area contributed by atoms with E-state index in [2.05, 4.69) is 10.6 Å². The molecule has 1 aromatic carbocycles. The Bertz CT molecular complexity index is 633. The van der Waals surface area contributed by atoms with Crippen LogP contribution in [0.25, 0.3) is 0 Å². The average Bonchev–Trinajstić information content (AvgIpc) is 2.53. The molecule has 2 amide bonds. The first-order chi connectivity index (χ1) is 11.8. The van der Waals surface area contributed by atoms with Gasteiger partial charge in [-0.15, -0.1) is 0 Å². The van der Waals surface area contributed by atoms with E-state index in [-0.39, 0.29) is 42.4 Å². The van der Waals surface area contributed by atoms with Crippen LogP contribution in [0.5, 0.6) is 5.75 Å². The number of benzene rings is 1. The molecule has 0 spiro atoms. The van der Waals surface area contributed by atoms with E-state index in [1.54, 1.807) is 4.90 Å². The molecule has 138 valence electrons. The third-order valence-electron chi connectivity index (χ3n) is 3.30. The number of hydrogen-bond donors (Lipinski definition) is 2. The SMILES string of the molecule is CCN(CC(=O)Nc1ccc([N+](=O)[O-])cc1OC)CC(=O)NC(C)C. The molecule has 9 heteroatoms. The highest BCUT2D eigenvalue weighted by Gasteiger charge is 2.16. The van der Waals surface area contributed by atoms with Crippen molar-refractivity contribution < 1.29 is 19.2 Å². The maximum atomic E-state index is 12.2. The van der Waals surface area contributed by atoms with E-state index < -0.39 is 4.92 Å². The number of anilines is 1. The van der Waals surface area contributed by atoms with E-state index in [0.717, 1.165) is 0 Å². The van der Waals surface area contributed by atoms with E-state index in [4.69, 9.17) is 4.74 Å². The summed E-state index contributed by atoms with van der Waals surface area (Å²) in [6.45, 7) is 6.23. The van der Waals surface area contributed by atoms with Gasteiger partial charge in [0.05, 0.1) is 36.9 Å². The van der Waals surface area contributed by atoms with Crippen molar-refractivity contribution in [1.29, 1.82) is 0 Å². The number of nitrogens with zero attached hydrogens (tertiary/aromatic N) is 2. The monoisotopic (exact) mass is 352 g/mol. The highest BCUT2D eigenvalue weighted by atomic mass is 16.6. The Balaban J connectivity index is 2.71. The van der Waals surface area contributed by atoms with E-state index in [1.807, 2.05) is 20.8 Å². The van der Waals surface area contributed by atoms with Crippen LogP contribution in [0.1, 0.15) is 20.8 Å². The molecule has 0 aliphatic carbocycles. The Morgan fingerprint density at radius 3 is 2.44 bits per heavy atom. The first-order valence-electron chi connectivity index (χ1n) is 7.90. The lowest BCUT2D eigenvalue weighted by molar-refractivity contribution is -0.384. The molecule has 2 N–H and O–H groups in total. The van der Waals surface area contributed by atoms with E-state index >= 15 is 0 Å². The predicted molar refractivity (Wildman–Crippen MR) is 93.7 cm³/mol. The van der Waals surface area contributed by atoms with Gasteiger partial charge in [0.1, 0.15) is 5.75 Å². The molecule has 1 aromatic rings. The summed E-state index contributed by atoms with van der Waals surface area (Å²) >= 11 is 0. The van der Waals surface area contributed by atoms with E-state index in [9.17, 15) is 19.7 Å². The third-order valence-corrected chi connectivity index (χ3v) is 3.30. The molecule has 9 nitrogen and oxygen atoms in total. The zero-order valence-corrected chi connectivity index (χ0v) is 14.9. The summed E-state index contributed by atoms with van der Waals surface area (Å²) in [7, 11) is 1.36. The molecule has 0 aliphatic heterocycles. The Morgan fingerprint density at radius 1 is 1.28 bits per heavy atom. The summed E-state index contributed by atoms with van der Waals surface area (Å²) in [4.78, 5) is 35.9. The van der Waals surface area contributed by atoms with Crippen LogP contribution in [0.3, 0.4) is 0 Å². The second kappa shape index (κ2) is 9.58. The number of ether oxygens (including phenoxy) is 1. The van der Waals surface area contributed by atoms with Crippen molar-refractivity contribution in [3.05, 3.63) is 28.3 Å². The highest BCUT2D eigenvalue weighted by molar-refractivity contribution is 5.94. The number of nitro benzene ring substituents is 1. The molecule has 0 saturated carbocycles. The van der Waals surface area contributed by atoms with Crippen LogP contribution in [-0.2, 0) is 9.59 Å². The normalized spacial score (nSPS) is 10.6. The van der Waals surface area contributed by atoms with Gasteiger partial charge in [-0.2, -0.15) is 0 Å². The smallest absolute Gasteiger partial charge is 0.273 e. The minimum Gasteiger partial charge on any atom is -0.494 e. The summed E-state index contributed by atoms with van der Waals surface area (Å²) in [6, 6.07) is 3.97. The Hall–Kier alpha value is -2.68. The quantitative estimate of drug-likeness (QED) is 0.513. The topological polar surface area (TPSA) is 114 Å². The fourth-order valence-corrected chi connectivity index (χ4v) is 2.14. The van der Waals surface area contributed by atoms with Crippen molar-refractivity contribution in [2.75, 3.05) is 32.1 Å². The molecule has 0 aliphatic rings. The maximum absolute atomic E-state index is 12.2. The number of nitro groups is 1. The van der Waals surface area contributed by atoms with Crippen molar-refractivity contribution in [3.8, 4) is 5.75 Å². The number of non-ortho nitro benzene ring substituents is 1. The summed E-state index contributed by atoms with van der Waals surface area (Å²) in [5.74, 6) is -0.299. The van der Waals surface area contributed by atoms with Gasteiger partial charge in [0, 0.05) is 12.1 Å². The van der Waals surface area contributed by atoms with Crippen molar-refractivity contribution in [3.63, 3.8) is 0 Å². The molecule has 0 fully saturated rings. The number of nitrogens with one attached hydrogen (secondary N) is 2. The standard InChI is InChI=1S/C16H24N4O5/c1-5-19(9-15(21)17-11(2)3)10-16(22)18-13-7-6-12(20(23)24)8-14(13)25-4/h6-8,11H,5,9-10H2,1-4H3,(H,17,21)(H,18,22). The lowest BCUT2D eigenvalue weighted by Crippen LogP contribution is -2.42. The zero-order valence-electron chi connectivity index (χ0n) is 14.9. The average molecular weight is 352 g/mol. The molecule has 0 saturated heterocycles. The number of likely N-dealkylation sites (N-methyl/N-ethyl adjacent to an activating group) is 1. The summed E-state index contributed by atoms with van der Waals surface area (Å²) in [5, 5.41) is 16.2. The minimum absolute atomic E-state index is 0.0160. The van der Waals surface area contributed by atoms with Crippen LogP contribution in [0.4, 0.5) is 11.4 Å². The largest absolute Gasteiger partial charge is 0.494 e. The summed E-state index contributed by atoms with van der Waals surface area (Å²) in [6.07, 6.45) is 0. The van der Waals surface area contributed by atoms with Crippen molar-refractivity contribution in [2.45, 2.75) is 26.8 Å². The number of methoxy groups -OCH3 is 1. The van der Waals surface area contributed by atoms with Crippen LogP contribution in [0.2, 0.25) is 0 Å². The lowest BCUT2D eigenvalue weighted by atomic mass is 10.2. The molecule has 0 unspecified atom stereocenters. The van der Waals surface area contributed by atoms with Gasteiger partial charge in [0.2, 0.25) is 11.8 Å². The third kappa shape index (κ3) is 6.76. The summed E-state index contributed by atoms with van der Waals surface area (Å²) in [5.41, 5.74) is 0.205. The van der Waals surface area contributed by atoms with Crippen LogP contribution in [0.15, 0.2) is 18.2 Å². The van der Waals surface area contributed by atoms with Crippen molar-refractivity contribution in [2.24, 2.45) is 0 Å². The van der Waals surface area contributed by atoms with Crippen molar-refractivity contribution in [1.82, 2.24) is 10.2 Å². The number of rotatable bonds is 9. The van der Waals surface area contributed by atoms with Gasteiger partial charge >= 0.3 is 0 Å².